The lowest BCUT2D eigenvalue weighted by Gasteiger charge is -2.25. The Hall–Kier alpha value is -1.87. The van der Waals surface area contributed by atoms with E-state index in [0.29, 0.717) is 6.04 Å². The molecule has 0 unspecified atom stereocenters. The van der Waals surface area contributed by atoms with Crippen molar-refractivity contribution in [2.75, 3.05) is 20.2 Å². The Balaban J connectivity index is 1.50. The molecule has 0 saturated carbocycles. The summed E-state index contributed by atoms with van der Waals surface area (Å²) >= 11 is 0. The Morgan fingerprint density at radius 1 is 1.23 bits per heavy atom. The van der Waals surface area contributed by atoms with Crippen molar-refractivity contribution in [2.45, 2.75) is 32.2 Å². The van der Waals surface area contributed by atoms with Gasteiger partial charge in [-0.25, -0.2) is 0 Å². The summed E-state index contributed by atoms with van der Waals surface area (Å²) in [6.45, 7) is 4.18. The number of benzene rings is 1. The number of hydrogen-bond donors (Lipinski definition) is 0. The molecule has 0 N–H and O–H groups in total. The van der Waals surface area contributed by atoms with Crippen LogP contribution in [0.1, 0.15) is 36.1 Å². The Labute approximate surface area is 132 Å². The van der Waals surface area contributed by atoms with Gasteiger partial charge in [0.1, 0.15) is 5.75 Å². The second kappa shape index (κ2) is 6.93. The maximum atomic E-state index is 5.56. The minimum Gasteiger partial charge on any atom is -0.493 e. The molecule has 0 fully saturated rings. The van der Waals surface area contributed by atoms with E-state index >= 15 is 0 Å². The highest BCUT2D eigenvalue weighted by Gasteiger charge is 2.13. The van der Waals surface area contributed by atoms with E-state index in [1.807, 2.05) is 12.4 Å². The van der Waals surface area contributed by atoms with Gasteiger partial charge in [0.05, 0.1) is 6.61 Å². The van der Waals surface area contributed by atoms with Crippen molar-refractivity contribution in [3.05, 3.63) is 59.4 Å². The Morgan fingerprint density at radius 3 is 2.86 bits per heavy atom. The number of aryl methyl sites for hydroxylation is 1. The molecule has 1 aromatic heterocycles. The molecule has 0 bridgehead atoms. The molecule has 0 aliphatic carbocycles. The van der Waals surface area contributed by atoms with Gasteiger partial charge in [0.15, 0.2) is 0 Å². The Bertz CT molecular complexity index is 612. The predicted molar refractivity (Wildman–Crippen MR) is 89.2 cm³/mol. The summed E-state index contributed by atoms with van der Waals surface area (Å²) in [5.74, 6) is 1.08. The molecule has 0 saturated heterocycles. The molecule has 1 aromatic carbocycles. The van der Waals surface area contributed by atoms with Gasteiger partial charge < -0.3 is 4.74 Å². The second-order valence-corrected chi connectivity index (χ2v) is 6.08. The molecule has 2 aromatic rings. The third-order valence-corrected chi connectivity index (χ3v) is 4.58. The lowest BCUT2D eigenvalue weighted by atomic mass is 10.0. The number of fused-ring (bicyclic) bond motifs is 1. The zero-order valence-electron chi connectivity index (χ0n) is 13.5. The van der Waals surface area contributed by atoms with Crippen LogP contribution in [-0.4, -0.2) is 30.1 Å². The number of ether oxygens (including phenoxy) is 1. The van der Waals surface area contributed by atoms with Crippen molar-refractivity contribution in [3.63, 3.8) is 0 Å². The van der Waals surface area contributed by atoms with Crippen LogP contribution in [-0.2, 0) is 12.8 Å². The van der Waals surface area contributed by atoms with Crippen molar-refractivity contribution in [1.82, 2.24) is 9.88 Å². The molecule has 22 heavy (non-hydrogen) atoms. The van der Waals surface area contributed by atoms with E-state index in [-0.39, 0.29) is 0 Å². The van der Waals surface area contributed by atoms with E-state index in [1.165, 1.54) is 23.1 Å². The van der Waals surface area contributed by atoms with Crippen LogP contribution in [0, 0.1) is 0 Å². The van der Waals surface area contributed by atoms with Gasteiger partial charge in [0, 0.05) is 24.9 Å². The predicted octanol–water partition coefficient (Wildman–Crippen LogP) is 3.64. The van der Waals surface area contributed by atoms with Gasteiger partial charge in [-0.2, -0.15) is 0 Å². The summed E-state index contributed by atoms with van der Waals surface area (Å²) in [6.07, 6.45) is 7.09. The first-order chi connectivity index (χ1) is 10.7. The van der Waals surface area contributed by atoms with Crippen LogP contribution in [0.2, 0.25) is 0 Å². The summed E-state index contributed by atoms with van der Waals surface area (Å²) in [5.41, 5.74) is 4.12. The largest absolute Gasteiger partial charge is 0.493 e. The normalized spacial score (nSPS) is 14.7. The van der Waals surface area contributed by atoms with Gasteiger partial charge in [0.25, 0.3) is 0 Å². The highest BCUT2D eigenvalue weighted by molar-refractivity contribution is 5.39. The van der Waals surface area contributed by atoms with E-state index in [9.17, 15) is 0 Å². The van der Waals surface area contributed by atoms with Gasteiger partial charge in [-0.1, -0.05) is 12.1 Å². The Kier molecular flexibility index (Phi) is 4.74. The van der Waals surface area contributed by atoms with Gasteiger partial charge >= 0.3 is 0 Å². The molecule has 2 heterocycles. The topological polar surface area (TPSA) is 25.4 Å². The van der Waals surface area contributed by atoms with Crippen LogP contribution in [0.5, 0.6) is 5.75 Å². The monoisotopic (exact) mass is 296 g/mol. The SMILES string of the molecule is C[C@@H](c1ccncc1)N(C)CCCc1ccc2c(c1)CCO2. The van der Waals surface area contributed by atoms with Crippen LogP contribution in [0.25, 0.3) is 0 Å². The molecule has 116 valence electrons. The van der Waals surface area contributed by atoms with Crippen LogP contribution < -0.4 is 4.74 Å². The quantitative estimate of drug-likeness (QED) is 0.813. The number of pyridine rings is 1. The first kappa shape index (κ1) is 15.0. The first-order valence-electron chi connectivity index (χ1n) is 8.09. The summed E-state index contributed by atoms with van der Waals surface area (Å²) < 4.78 is 5.56. The first-order valence-corrected chi connectivity index (χ1v) is 8.09. The third kappa shape index (κ3) is 3.47. The third-order valence-electron chi connectivity index (χ3n) is 4.58. The molecule has 0 amide bonds. The molecular weight excluding hydrogens is 272 g/mol. The van der Waals surface area contributed by atoms with E-state index in [4.69, 9.17) is 4.74 Å². The lowest BCUT2D eigenvalue weighted by Crippen LogP contribution is -2.23. The standard InChI is InChI=1S/C19H24N2O/c1-15(17-7-10-20-11-8-17)21(2)12-3-4-16-5-6-19-18(14-16)9-13-22-19/h5-8,10-11,14-15H,3-4,9,12-13H2,1-2H3/t15-/m0/s1. The minimum absolute atomic E-state index is 0.427. The molecule has 3 nitrogen and oxygen atoms in total. The highest BCUT2D eigenvalue weighted by Crippen LogP contribution is 2.26. The van der Waals surface area contributed by atoms with Crippen molar-refractivity contribution < 1.29 is 4.74 Å². The molecule has 1 aliphatic rings. The van der Waals surface area contributed by atoms with E-state index in [2.05, 4.69) is 54.2 Å². The molecule has 3 rings (SSSR count). The fourth-order valence-electron chi connectivity index (χ4n) is 3.02. The zero-order chi connectivity index (χ0) is 15.4. The molecule has 0 spiro atoms. The molecular formula is C19H24N2O. The number of nitrogens with zero attached hydrogens (tertiary/aromatic N) is 2. The summed E-state index contributed by atoms with van der Waals surface area (Å²) in [4.78, 5) is 6.50. The minimum atomic E-state index is 0.427. The molecule has 1 atom stereocenters. The highest BCUT2D eigenvalue weighted by atomic mass is 16.5. The van der Waals surface area contributed by atoms with Crippen LogP contribution in [0.4, 0.5) is 0 Å². The van der Waals surface area contributed by atoms with Crippen molar-refractivity contribution in [1.29, 1.82) is 0 Å². The van der Waals surface area contributed by atoms with Crippen molar-refractivity contribution in [3.8, 4) is 5.75 Å². The van der Waals surface area contributed by atoms with Crippen LogP contribution in [0.3, 0.4) is 0 Å². The fourth-order valence-corrected chi connectivity index (χ4v) is 3.02. The average Bonchev–Trinajstić information content (AvgIpc) is 3.02. The van der Waals surface area contributed by atoms with Gasteiger partial charge in [-0.05, 0) is 68.2 Å². The van der Waals surface area contributed by atoms with E-state index in [0.717, 1.165) is 31.7 Å². The van der Waals surface area contributed by atoms with E-state index in [1.54, 1.807) is 0 Å². The van der Waals surface area contributed by atoms with Crippen LogP contribution >= 0.6 is 0 Å². The van der Waals surface area contributed by atoms with E-state index < -0.39 is 0 Å². The van der Waals surface area contributed by atoms with Crippen LogP contribution in [0.15, 0.2) is 42.7 Å². The molecule has 1 aliphatic heterocycles. The van der Waals surface area contributed by atoms with Gasteiger partial charge in [-0.3, -0.25) is 9.88 Å². The second-order valence-electron chi connectivity index (χ2n) is 6.08. The maximum Gasteiger partial charge on any atom is 0.122 e. The van der Waals surface area contributed by atoms with Crippen molar-refractivity contribution >= 4 is 0 Å². The van der Waals surface area contributed by atoms with Crippen molar-refractivity contribution in [2.24, 2.45) is 0 Å². The summed E-state index contributed by atoms with van der Waals surface area (Å²) in [7, 11) is 2.20. The number of hydrogen-bond acceptors (Lipinski definition) is 3. The van der Waals surface area contributed by atoms with Gasteiger partial charge in [0.2, 0.25) is 0 Å². The lowest BCUT2D eigenvalue weighted by molar-refractivity contribution is 0.258. The molecule has 3 heteroatoms. The summed E-state index contributed by atoms with van der Waals surface area (Å²) in [6, 6.07) is 11.3. The average molecular weight is 296 g/mol. The number of aromatic nitrogens is 1. The van der Waals surface area contributed by atoms with Gasteiger partial charge in [-0.15, -0.1) is 0 Å². The zero-order valence-corrected chi connectivity index (χ0v) is 13.5. The fraction of sp³-hybridized carbons (Fsp3) is 0.421. The smallest absolute Gasteiger partial charge is 0.122 e. The Morgan fingerprint density at radius 2 is 2.05 bits per heavy atom. The summed E-state index contributed by atoms with van der Waals surface area (Å²) in [5, 5.41) is 0. The number of rotatable bonds is 6. The maximum absolute atomic E-state index is 5.56. The molecule has 0 radical (unpaired) electrons.